The maximum atomic E-state index is 9.36. The second-order valence-corrected chi connectivity index (χ2v) is 3.83. The van der Waals surface area contributed by atoms with Gasteiger partial charge in [0.15, 0.2) is 0 Å². The molecule has 56 valence electrons. The van der Waals surface area contributed by atoms with Crippen molar-refractivity contribution in [2.24, 2.45) is 11.8 Å². The molecule has 2 aliphatic heterocycles. The predicted molar refractivity (Wildman–Crippen MR) is 35.5 cm³/mol. The molecule has 0 unspecified atom stereocenters. The molecule has 0 amide bonds. The van der Waals surface area contributed by atoms with E-state index in [1.807, 2.05) is 0 Å². The van der Waals surface area contributed by atoms with Gasteiger partial charge < -0.3 is 9.84 Å². The molecule has 2 nitrogen and oxygen atoms in total. The van der Waals surface area contributed by atoms with Crippen molar-refractivity contribution in [3.05, 3.63) is 0 Å². The zero-order valence-electron chi connectivity index (χ0n) is 5.86. The molecule has 2 bridgehead atoms. The molecule has 2 heterocycles. The Hall–Kier alpha value is -0.0800. The van der Waals surface area contributed by atoms with E-state index in [2.05, 4.69) is 0 Å². The highest BCUT2D eigenvalue weighted by Gasteiger charge is 2.58. The van der Waals surface area contributed by atoms with Crippen LogP contribution >= 0.6 is 0 Å². The Morgan fingerprint density at radius 3 is 2.60 bits per heavy atom. The number of aliphatic hydroxyl groups is 1. The summed E-state index contributed by atoms with van der Waals surface area (Å²) in [4.78, 5) is 0. The largest absolute Gasteiger partial charge is 0.393 e. The van der Waals surface area contributed by atoms with Crippen LogP contribution in [0.4, 0.5) is 0 Å². The number of aliphatic hydroxyl groups excluding tert-OH is 1. The van der Waals surface area contributed by atoms with Gasteiger partial charge in [-0.25, -0.2) is 0 Å². The van der Waals surface area contributed by atoms with E-state index in [0.29, 0.717) is 18.1 Å². The summed E-state index contributed by atoms with van der Waals surface area (Å²) in [7, 11) is 0. The highest BCUT2D eigenvalue weighted by Crippen LogP contribution is 2.53. The number of hydrogen-bond acceptors (Lipinski definition) is 2. The molecule has 0 spiro atoms. The lowest BCUT2D eigenvalue weighted by atomic mass is 9.64. The zero-order chi connectivity index (χ0) is 6.72. The number of hydrogen-bond donors (Lipinski definition) is 1. The summed E-state index contributed by atoms with van der Waals surface area (Å²) in [5, 5.41) is 9.36. The maximum absolute atomic E-state index is 9.36. The van der Waals surface area contributed by atoms with Crippen molar-refractivity contribution in [3.8, 4) is 0 Å². The minimum atomic E-state index is -0.0275. The van der Waals surface area contributed by atoms with Crippen LogP contribution < -0.4 is 0 Å². The lowest BCUT2D eigenvalue weighted by molar-refractivity contribution is -0.0396. The highest BCUT2D eigenvalue weighted by atomic mass is 16.5. The quantitative estimate of drug-likeness (QED) is 0.532. The van der Waals surface area contributed by atoms with Gasteiger partial charge in [0.2, 0.25) is 0 Å². The van der Waals surface area contributed by atoms with Crippen molar-refractivity contribution in [2.45, 2.75) is 37.6 Å². The molecule has 0 aromatic rings. The van der Waals surface area contributed by atoms with Crippen LogP contribution in [0.1, 0.15) is 19.3 Å². The van der Waals surface area contributed by atoms with Crippen LogP contribution in [-0.4, -0.2) is 23.4 Å². The van der Waals surface area contributed by atoms with Gasteiger partial charge in [-0.05, 0) is 25.2 Å². The molecule has 2 heteroatoms. The van der Waals surface area contributed by atoms with Crippen molar-refractivity contribution in [1.82, 2.24) is 0 Å². The summed E-state index contributed by atoms with van der Waals surface area (Å²) < 4.78 is 5.67. The number of fused-ring (bicyclic) bond motifs is 5. The van der Waals surface area contributed by atoms with Gasteiger partial charge in [-0.3, -0.25) is 0 Å². The Labute approximate surface area is 60.2 Å². The van der Waals surface area contributed by atoms with E-state index in [1.54, 1.807) is 0 Å². The average molecular weight is 140 g/mol. The molecule has 0 aromatic carbocycles. The lowest BCUT2D eigenvalue weighted by Crippen LogP contribution is -2.47. The molecule has 0 radical (unpaired) electrons. The fourth-order valence-electron chi connectivity index (χ4n) is 2.89. The van der Waals surface area contributed by atoms with Crippen LogP contribution in [0.3, 0.4) is 0 Å². The highest BCUT2D eigenvalue weighted by molar-refractivity contribution is 5.06. The molecule has 10 heavy (non-hydrogen) atoms. The van der Waals surface area contributed by atoms with E-state index in [0.717, 1.165) is 12.3 Å². The summed E-state index contributed by atoms with van der Waals surface area (Å²) in [6.07, 6.45) is 4.38. The summed E-state index contributed by atoms with van der Waals surface area (Å²) in [6, 6.07) is 0. The smallest absolute Gasteiger partial charge is 0.0636 e. The third-order valence-corrected chi connectivity index (χ3v) is 3.44. The summed E-state index contributed by atoms with van der Waals surface area (Å²) >= 11 is 0. The van der Waals surface area contributed by atoms with Gasteiger partial charge in [0.25, 0.3) is 0 Å². The Kier molecular flexibility index (Phi) is 0.868. The average Bonchev–Trinajstić information content (AvgIpc) is 2.40. The van der Waals surface area contributed by atoms with E-state index in [9.17, 15) is 5.11 Å². The second-order valence-electron chi connectivity index (χ2n) is 3.83. The minimum Gasteiger partial charge on any atom is -0.393 e. The molecular weight excluding hydrogens is 128 g/mol. The first-order chi connectivity index (χ1) is 4.86. The molecule has 3 rings (SSSR count). The first-order valence-electron chi connectivity index (χ1n) is 4.20. The molecule has 3 aliphatic rings. The topological polar surface area (TPSA) is 29.5 Å². The van der Waals surface area contributed by atoms with Crippen molar-refractivity contribution >= 4 is 0 Å². The van der Waals surface area contributed by atoms with Crippen LogP contribution in [0.5, 0.6) is 0 Å². The monoisotopic (exact) mass is 140 g/mol. The van der Waals surface area contributed by atoms with Gasteiger partial charge in [0.1, 0.15) is 0 Å². The number of ether oxygens (including phenoxy) is 1. The number of rotatable bonds is 0. The van der Waals surface area contributed by atoms with Gasteiger partial charge in [-0.2, -0.15) is 0 Å². The van der Waals surface area contributed by atoms with Crippen LogP contribution in [-0.2, 0) is 4.74 Å². The molecule has 1 saturated carbocycles. The predicted octanol–water partition coefficient (Wildman–Crippen LogP) is 0.545. The normalized spacial score (nSPS) is 63.9. The molecular formula is C8H12O2. The third-order valence-electron chi connectivity index (χ3n) is 3.44. The molecule has 3 fully saturated rings. The zero-order valence-corrected chi connectivity index (χ0v) is 5.86. The van der Waals surface area contributed by atoms with E-state index < -0.39 is 0 Å². The first kappa shape index (κ1) is 5.56. The second kappa shape index (κ2) is 1.56. The molecule has 0 aromatic heterocycles. The summed E-state index contributed by atoms with van der Waals surface area (Å²) in [6.45, 7) is 0. The fraction of sp³-hybridized carbons (Fsp3) is 1.00. The Bertz CT molecular complexity index is 167. The van der Waals surface area contributed by atoms with Crippen molar-refractivity contribution in [2.75, 3.05) is 0 Å². The third kappa shape index (κ3) is 0.453. The van der Waals surface area contributed by atoms with Crippen LogP contribution in [0, 0.1) is 11.8 Å². The van der Waals surface area contributed by atoms with Crippen LogP contribution in [0.15, 0.2) is 0 Å². The van der Waals surface area contributed by atoms with E-state index in [1.165, 1.54) is 12.8 Å². The van der Waals surface area contributed by atoms with Crippen molar-refractivity contribution in [3.63, 3.8) is 0 Å². The van der Waals surface area contributed by atoms with Gasteiger partial charge in [0.05, 0.1) is 18.3 Å². The summed E-state index contributed by atoms with van der Waals surface area (Å²) in [5.41, 5.74) is 0. The molecule has 5 atom stereocenters. The van der Waals surface area contributed by atoms with Crippen molar-refractivity contribution < 1.29 is 9.84 Å². The molecule has 2 saturated heterocycles. The van der Waals surface area contributed by atoms with Gasteiger partial charge in [0, 0.05) is 5.92 Å². The van der Waals surface area contributed by atoms with Crippen LogP contribution in [0.25, 0.3) is 0 Å². The van der Waals surface area contributed by atoms with Crippen LogP contribution in [0.2, 0.25) is 0 Å². The maximum Gasteiger partial charge on any atom is 0.0636 e. The Morgan fingerprint density at radius 2 is 2.00 bits per heavy atom. The van der Waals surface area contributed by atoms with Gasteiger partial charge >= 0.3 is 0 Å². The lowest BCUT2D eigenvalue weighted by Gasteiger charge is -2.41. The van der Waals surface area contributed by atoms with Gasteiger partial charge in [-0.1, -0.05) is 0 Å². The van der Waals surface area contributed by atoms with Crippen molar-refractivity contribution in [1.29, 1.82) is 0 Å². The summed E-state index contributed by atoms with van der Waals surface area (Å²) in [5.74, 6) is 1.26. The minimum absolute atomic E-state index is 0.0275. The molecule has 1 N–H and O–H groups in total. The SMILES string of the molecule is O[C@@H]1C[C@@H]2[C@H]1[C@H]1CC[C@@H]2O1. The van der Waals surface area contributed by atoms with E-state index in [4.69, 9.17) is 4.74 Å². The van der Waals surface area contributed by atoms with E-state index >= 15 is 0 Å². The van der Waals surface area contributed by atoms with E-state index in [-0.39, 0.29) is 6.10 Å². The fourth-order valence-corrected chi connectivity index (χ4v) is 2.89. The standard InChI is InChI=1S/C8H12O2/c9-5-3-4-6-1-2-7(10-6)8(4)5/h4-9H,1-3H2/t4-,5+,6-,7+,8+/m0/s1. The Balaban J connectivity index is 1.89. The van der Waals surface area contributed by atoms with Gasteiger partial charge in [-0.15, -0.1) is 0 Å². The first-order valence-corrected chi connectivity index (χ1v) is 4.20. The molecule has 1 aliphatic carbocycles. The Morgan fingerprint density at radius 1 is 1.20 bits per heavy atom.